The summed E-state index contributed by atoms with van der Waals surface area (Å²) in [7, 11) is 0. The lowest BCUT2D eigenvalue weighted by atomic mass is 9.93. The number of nitrogens with zero attached hydrogens (tertiary/aromatic N) is 1. The van der Waals surface area contributed by atoms with Crippen LogP contribution in [-0.2, 0) is 11.2 Å². The zero-order valence-corrected chi connectivity index (χ0v) is 11.5. The number of hydrogen-bond donors (Lipinski definition) is 0. The molecule has 0 saturated carbocycles. The number of pyridine rings is 1. The molecule has 0 amide bonds. The highest BCUT2D eigenvalue weighted by molar-refractivity contribution is 5.97. The maximum Gasteiger partial charge on any atom is 0.167 e. The zero-order valence-electron chi connectivity index (χ0n) is 11.5. The number of ketones is 1. The Labute approximate surface area is 118 Å². The van der Waals surface area contributed by atoms with Crippen LogP contribution in [-0.4, -0.2) is 17.4 Å². The van der Waals surface area contributed by atoms with E-state index < -0.39 is 0 Å². The molecule has 0 spiro atoms. The number of carbonyl (C=O) groups is 1. The lowest BCUT2D eigenvalue weighted by Gasteiger charge is -2.25. The molecular formula is C17H17NO2. The minimum atomic E-state index is -0.132. The second-order valence-electron chi connectivity index (χ2n) is 5.07. The van der Waals surface area contributed by atoms with Crippen molar-refractivity contribution in [2.24, 2.45) is 0 Å². The van der Waals surface area contributed by atoms with E-state index in [1.165, 1.54) is 5.56 Å². The van der Waals surface area contributed by atoms with Crippen LogP contribution >= 0.6 is 0 Å². The predicted molar refractivity (Wildman–Crippen MR) is 76.8 cm³/mol. The molecule has 3 heteroatoms. The van der Waals surface area contributed by atoms with Crippen molar-refractivity contribution >= 4 is 5.78 Å². The van der Waals surface area contributed by atoms with Gasteiger partial charge in [0.15, 0.2) is 5.78 Å². The van der Waals surface area contributed by atoms with Gasteiger partial charge in [0.25, 0.3) is 0 Å². The molecule has 20 heavy (non-hydrogen) atoms. The van der Waals surface area contributed by atoms with Crippen molar-refractivity contribution in [1.29, 1.82) is 0 Å². The highest BCUT2D eigenvalue weighted by Gasteiger charge is 2.24. The molecule has 1 unspecified atom stereocenters. The van der Waals surface area contributed by atoms with Gasteiger partial charge in [-0.25, -0.2) is 0 Å². The fraction of sp³-hybridized carbons (Fsp3) is 0.294. The topological polar surface area (TPSA) is 39.2 Å². The van der Waals surface area contributed by atoms with Crippen molar-refractivity contribution in [3.63, 3.8) is 0 Å². The maximum atomic E-state index is 12.4. The molecule has 1 atom stereocenters. The molecule has 0 saturated heterocycles. The first-order valence-electron chi connectivity index (χ1n) is 6.90. The van der Waals surface area contributed by atoms with Gasteiger partial charge in [-0.15, -0.1) is 0 Å². The summed E-state index contributed by atoms with van der Waals surface area (Å²) >= 11 is 0. The Bertz CT molecular complexity index is 636. The third-order valence-corrected chi connectivity index (χ3v) is 3.77. The second-order valence-corrected chi connectivity index (χ2v) is 5.07. The van der Waals surface area contributed by atoms with Crippen LogP contribution in [0.4, 0.5) is 0 Å². The van der Waals surface area contributed by atoms with Crippen molar-refractivity contribution in [2.45, 2.75) is 25.9 Å². The van der Waals surface area contributed by atoms with Crippen molar-refractivity contribution in [2.75, 3.05) is 6.61 Å². The van der Waals surface area contributed by atoms with E-state index in [0.29, 0.717) is 18.6 Å². The quantitative estimate of drug-likeness (QED) is 0.801. The first-order chi connectivity index (χ1) is 9.75. The molecule has 102 valence electrons. The number of aromatic nitrogens is 1. The van der Waals surface area contributed by atoms with Crippen LogP contribution in [0.25, 0.3) is 0 Å². The fourth-order valence-electron chi connectivity index (χ4n) is 2.70. The standard InChI is InChI=1S/C17H17NO2/c1-12-14(7-4-9-18-12)16(19)11-17-15-6-3-2-5-13(15)8-10-20-17/h2-7,9,17H,8,10-11H2,1H3. The Morgan fingerprint density at radius 1 is 1.30 bits per heavy atom. The molecule has 1 aromatic heterocycles. The summed E-state index contributed by atoms with van der Waals surface area (Å²) in [4.78, 5) is 16.6. The van der Waals surface area contributed by atoms with E-state index in [4.69, 9.17) is 4.74 Å². The normalized spacial score (nSPS) is 17.6. The fourth-order valence-corrected chi connectivity index (χ4v) is 2.70. The molecule has 1 aromatic carbocycles. The summed E-state index contributed by atoms with van der Waals surface area (Å²) in [5.41, 5.74) is 3.91. The van der Waals surface area contributed by atoms with Crippen molar-refractivity contribution in [3.05, 3.63) is 65.0 Å². The van der Waals surface area contributed by atoms with E-state index in [1.54, 1.807) is 12.3 Å². The van der Waals surface area contributed by atoms with Gasteiger partial charge in [0.2, 0.25) is 0 Å². The number of Topliss-reactive ketones (excluding diaryl/α,β-unsaturated/α-hetero) is 1. The average Bonchev–Trinajstić information content (AvgIpc) is 2.48. The van der Waals surface area contributed by atoms with E-state index in [1.807, 2.05) is 25.1 Å². The molecule has 3 nitrogen and oxygen atoms in total. The summed E-state index contributed by atoms with van der Waals surface area (Å²) in [5, 5.41) is 0. The van der Waals surface area contributed by atoms with E-state index in [0.717, 1.165) is 17.7 Å². The van der Waals surface area contributed by atoms with Gasteiger partial charge in [0.1, 0.15) is 0 Å². The Morgan fingerprint density at radius 2 is 2.15 bits per heavy atom. The van der Waals surface area contributed by atoms with E-state index in [-0.39, 0.29) is 11.9 Å². The Hall–Kier alpha value is -2.00. The van der Waals surface area contributed by atoms with E-state index >= 15 is 0 Å². The molecule has 0 bridgehead atoms. The van der Waals surface area contributed by atoms with Crippen LogP contribution < -0.4 is 0 Å². The molecule has 1 aliphatic heterocycles. The number of fused-ring (bicyclic) bond motifs is 1. The first-order valence-corrected chi connectivity index (χ1v) is 6.90. The number of aryl methyl sites for hydroxylation is 1. The highest BCUT2D eigenvalue weighted by Crippen LogP contribution is 2.30. The van der Waals surface area contributed by atoms with Crippen LogP contribution in [0, 0.1) is 6.92 Å². The van der Waals surface area contributed by atoms with Crippen molar-refractivity contribution < 1.29 is 9.53 Å². The molecule has 3 rings (SSSR count). The van der Waals surface area contributed by atoms with Gasteiger partial charge in [-0.1, -0.05) is 24.3 Å². The largest absolute Gasteiger partial charge is 0.373 e. The van der Waals surface area contributed by atoms with Gasteiger partial charge in [0.05, 0.1) is 12.7 Å². The molecule has 0 radical (unpaired) electrons. The summed E-state index contributed by atoms with van der Waals surface area (Å²) in [6.07, 6.45) is 2.88. The Kier molecular flexibility index (Phi) is 3.61. The molecule has 0 fully saturated rings. The number of benzene rings is 1. The highest BCUT2D eigenvalue weighted by atomic mass is 16.5. The van der Waals surface area contributed by atoms with E-state index in [9.17, 15) is 4.79 Å². The Balaban J connectivity index is 1.83. The van der Waals surface area contributed by atoms with E-state index in [2.05, 4.69) is 17.1 Å². The molecule has 2 heterocycles. The third kappa shape index (κ3) is 2.49. The molecular weight excluding hydrogens is 250 g/mol. The number of hydrogen-bond acceptors (Lipinski definition) is 3. The third-order valence-electron chi connectivity index (χ3n) is 3.77. The Morgan fingerprint density at radius 3 is 3.00 bits per heavy atom. The summed E-state index contributed by atoms with van der Waals surface area (Å²) < 4.78 is 5.80. The number of rotatable bonds is 3. The number of ether oxygens (including phenoxy) is 1. The van der Waals surface area contributed by atoms with Crippen LogP contribution in [0.3, 0.4) is 0 Å². The minimum absolute atomic E-state index is 0.0947. The predicted octanol–water partition coefficient (Wildman–Crippen LogP) is 3.28. The van der Waals surface area contributed by atoms with Gasteiger partial charge in [-0.05, 0) is 36.6 Å². The van der Waals surface area contributed by atoms with Gasteiger partial charge >= 0.3 is 0 Å². The van der Waals surface area contributed by atoms with Crippen molar-refractivity contribution in [1.82, 2.24) is 4.98 Å². The summed E-state index contributed by atoms with van der Waals surface area (Å²) in [6.45, 7) is 2.55. The monoisotopic (exact) mass is 267 g/mol. The molecule has 2 aromatic rings. The maximum absolute atomic E-state index is 12.4. The summed E-state index contributed by atoms with van der Waals surface area (Å²) in [6, 6.07) is 11.8. The van der Waals surface area contributed by atoms with Crippen LogP contribution in [0.5, 0.6) is 0 Å². The molecule has 0 aliphatic carbocycles. The molecule has 1 aliphatic rings. The minimum Gasteiger partial charge on any atom is -0.373 e. The second kappa shape index (κ2) is 5.55. The number of carbonyl (C=O) groups excluding carboxylic acids is 1. The molecule has 0 N–H and O–H groups in total. The van der Waals surface area contributed by atoms with Gasteiger partial charge in [0, 0.05) is 23.9 Å². The van der Waals surface area contributed by atoms with Crippen LogP contribution in [0.15, 0.2) is 42.6 Å². The van der Waals surface area contributed by atoms with Crippen molar-refractivity contribution in [3.8, 4) is 0 Å². The van der Waals surface area contributed by atoms with Gasteiger partial charge < -0.3 is 4.74 Å². The van der Waals surface area contributed by atoms with Gasteiger partial charge in [-0.3, -0.25) is 9.78 Å². The summed E-state index contributed by atoms with van der Waals surface area (Å²) in [5.74, 6) is 0.0947. The van der Waals surface area contributed by atoms with Crippen LogP contribution in [0.2, 0.25) is 0 Å². The lowest BCUT2D eigenvalue weighted by molar-refractivity contribution is 0.0351. The SMILES string of the molecule is Cc1ncccc1C(=O)CC1OCCc2ccccc21. The lowest BCUT2D eigenvalue weighted by Crippen LogP contribution is -2.19. The average molecular weight is 267 g/mol. The smallest absolute Gasteiger partial charge is 0.167 e. The first kappa shape index (κ1) is 13.0. The van der Waals surface area contributed by atoms with Gasteiger partial charge in [-0.2, -0.15) is 0 Å². The van der Waals surface area contributed by atoms with Crippen LogP contribution in [0.1, 0.15) is 39.7 Å². The zero-order chi connectivity index (χ0) is 13.9.